The molecule has 0 aliphatic heterocycles. The first-order valence-electron chi connectivity index (χ1n) is 11.0. The van der Waals surface area contributed by atoms with Gasteiger partial charge in [0.1, 0.15) is 23.8 Å². The first-order chi connectivity index (χ1) is 17.3. The van der Waals surface area contributed by atoms with Gasteiger partial charge in [-0.15, -0.1) is 0 Å². The van der Waals surface area contributed by atoms with Crippen LogP contribution in [0.1, 0.15) is 33.2 Å². The van der Waals surface area contributed by atoms with E-state index in [0.717, 1.165) is 17.4 Å². The molecule has 0 heterocycles. The minimum absolute atomic E-state index is 0.0865. The van der Waals surface area contributed by atoms with E-state index >= 15 is 0 Å². The van der Waals surface area contributed by atoms with E-state index in [1.165, 1.54) is 14.2 Å². The van der Waals surface area contributed by atoms with Crippen molar-refractivity contribution in [1.29, 1.82) is 0 Å². The van der Waals surface area contributed by atoms with Crippen LogP contribution in [0.4, 0.5) is 0 Å². The second kappa shape index (κ2) is 12.4. The van der Waals surface area contributed by atoms with Crippen LogP contribution in [-0.2, 0) is 16.0 Å². The monoisotopic (exact) mass is 529 g/mol. The van der Waals surface area contributed by atoms with Gasteiger partial charge in [0.05, 0.1) is 42.0 Å². The van der Waals surface area contributed by atoms with Crippen molar-refractivity contribution in [3.8, 4) is 22.6 Å². The van der Waals surface area contributed by atoms with E-state index < -0.39 is 17.9 Å². The molecule has 9 heteroatoms. The highest BCUT2D eigenvalue weighted by Crippen LogP contribution is 2.39. The molecule has 7 nitrogen and oxygen atoms in total. The summed E-state index contributed by atoms with van der Waals surface area (Å²) in [5, 5.41) is 3.04. The summed E-state index contributed by atoms with van der Waals surface area (Å²) in [5.41, 5.74) is 2.74. The molecule has 36 heavy (non-hydrogen) atoms. The number of amides is 1. The van der Waals surface area contributed by atoms with Crippen molar-refractivity contribution < 1.29 is 28.6 Å². The first kappa shape index (κ1) is 27.0. The molecule has 1 atom stereocenters. The fraction of sp³-hybridized carbons (Fsp3) is 0.222. The van der Waals surface area contributed by atoms with Crippen molar-refractivity contribution in [1.82, 2.24) is 5.32 Å². The van der Waals surface area contributed by atoms with Gasteiger partial charge in [0.25, 0.3) is 5.91 Å². The molecule has 3 rings (SSSR count). The summed E-state index contributed by atoms with van der Waals surface area (Å²) >= 11 is 12.3. The SMILES string of the molecule is CCOC(=O)[C@H](Cc1ccc(-c2c(OC)cc(C=O)cc2OC)cc1)NC(=O)c1c(Cl)cccc1Cl. The Labute approximate surface area is 219 Å². The van der Waals surface area contributed by atoms with Crippen molar-refractivity contribution in [3.05, 3.63) is 81.3 Å². The van der Waals surface area contributed by atoms with Gasteiger partial charge in [-0.2, -0.15) is 0 Å². The van der Waals surface area contributed by atoms with Crippen LogP contribution >= 0.6 is 23.2 Å². The van der Waals surface area contributed by atoms with Gasteiger partial charge in [0.2, 0.25) is 0 Å². The second-order valence-electron chi connectivity index (χ2n) is 7.69. The number of esters is 1. The number of benzene rings is 3. The van der Waals surface area contributed by atoms with Gasteiger partial charge in [-0.05, 0) is 42.3 Å². The fourth-order valence-corrected chi connectivity index (χ4v) is 4.28. The highest BCUT2D eigenvalue weighted by Gasteiger charge is 2.25. The van der Waals surface area contributed by atoms with Gasteiger partial charge in [0, 0.05) is 12.0 Å². The molecule has 188 valence electrons. The maximum absolute atomic E-state index is 12.9. The predicted molar refractivity (Wildman–Crippen MR) is 138 cm³/mol. The summed E-state index contributed by atoms with van der Waals surface area (Å²) in [7, 11) is 3.03. The molecule has 0 bridgehead atoms. The Morgan fingerprint density at radius 3 is 2.06 bits per heavy atom. The number of hydrogen-bond donors (Lipinski definition) is 1. The van der Waals surface area contributed by atoms with E-state index in [2.05, 4.69) is 5.32 Å². The predicted octanol–water partition coefficient (Wildman–Crippen LogP) is 5.39. The molecule has 3 aromatic rings. The largest absolute Gasteiger partial charge is 0.496 e. The third kappa shape index (κ3) is 6.17. The highest BCUT2D eigenvalue weighted by molar-refractivity contribution is 6.39. The Hall–Kier alpha value is -3.55. The minimum atomic E-state index is -0.966. The molecule has 3 aromatic carbocycles. The molecule has 0 aliphatic carbocycles. The van der Waals surface area contributed by atoms with Crippen molar-refractivity contribution in [2.75, 3.05) is 20.8 Å². The Bertz CT molecular complexity index is 1210. The Morgan fingerprint density at radius 1 is 0.972 bits per heavy atom. The highest BCUT2D eigenvalue weighted by atomic mass is 35.5. The lowest BCUT2D eigenvalue weighted by Crippen LogP contribution is -2.43. The summed E-state index contributed by atoms with van der Waals surface area (Å²) in [4.78, 5) is 36.8. The normalized spacial score (nSPS) is 11.4. The van der Waals surface area contributed by atoms with E-state index in [1.54, 1.807) is 37.3 Å². The van der Waals surface area contributed by atoms with E-state index in [4.69, 9.17) is 37.4 Å². The number of aldehydes is 1. The number of methoxy groups -OCH3 is 2. The molecule has 0 spiro atoms. The number of carbonyl (C=O) groups excluding carboxylic acids is 3. The van der Waals surface area contributed by atoms with Crippen LogP contribution in [0.25, 0.3) is 11.1 Å². The zero-order valence-corrected chi connectivity index (χ0v) is 21.5. The number of ether oxygens (including phenoxy) is 3. The molecule has 0 fully saturated rings. The minimum Gasteiger partial charge on any atom is -0.496 e. The summed E-state index contributed by atoms with van der Waals surface area (Å²) < 4.78 is 16.1. The number of halogens is 2. The molecule has 0 unspecified atom stereocenters. The maximum Gasteiger partial charge on any atom is 0.328 e. The fourth-order valence-electron chi connectivity index (χ4n) is 3.71. The van der Waals surface area contributed by atoms with Crippen molar-refractivity contribution >= 4 is 41.4 Å². The number of nitrogens with one attached hydrogen (secondary N) is 1. The van der Waals surface area contributed by atoms with Crippen molar-refractivity contribution in [2.24, 2.45) is 0 Å². The lowest BCUT2D eigenvalue weighted by atomic mass is 9.98. The van der Waals surface area contributed by atoms with Crippen LogP contribution in [0.5, 0.6) is 11.5 Å². The molecule has 1 N–H and O–H groups in total. The molecule has 0 aromatic heterocycles. The van der Waals surface area contributed by atoms with Gasteiger partial charge in [-0.3, -0.25) is 9.59 Å². The van der Waals surface area contributed by atoms with Crippen molar-refractivity contribution in [3.63, 3.8) is 0 Å². The molecule has 0 saturated carbocycles. The van der Waals surface area contributed by atoms with Crippen LogP contribution in [0.3, 0.4) is 0 Å². The van der Waals surface area contributed by atoms with E-state index in [-0.39, 0.29) is 28.6 Å². The lowest BCUT2D eigenvalue weighted by Gasteiger charge is -2.19. The second-order valence-corrected chi connectivity index (χ2v) is 8.51. The van der Waals surface area contributed by atoms with Crippen LogP contribution in [0.2, 0.25) is 10.0 Å². The Kier molecular flexibility index (Phi) is 9.33. The quantitative estimate of drug-likeness (QED) is 0.279. The van der Waals surface area contributed by atoms with E-state index in [9.17, 15) is 14.4 Å². The van der Waals surface area contributed by atoms with E-state index in [0.29, 0.717) is 22.6 Å². The summed E-state index contributed by atoms with van der Waals surface area (Å²) in [6, 6.07) is 14.3. The lowest BCUT2D eigenvalue weighted by molar-refractivity contribution is -0.145. The molecule has 1 amide bonds. The molecule has 0 saturated heterocycles. The van der Waals surface area contributed by atoms with Gasteiger partial charge in [-0.25, -0.2) is 4.79 Å². The summed E-state index contributed by atoms with van der Waals surface area (Å²) in [6.45, 7) is 1.85. The van der Waals surface area contributed by atoms with Crippen LogP contribution in [0.15, 0.2) is 54.6 Å². The number of rotatable bonds is 10. The average Bonchev–Trinajstić information content (AvgIpc) is 2.88. The smallest absolute Gasteiger partial charge is 0.328 e. The molecule has 0 aliphatic rings. The third-order valence-corrected chi connectivity index (χ3v) is 6.04. The summed E-state index contributed by atoms with van der Waals surface area (Å²) in [6.07, 6.45) is 0.892. The first-order valence-corrected chi connectivity index (χ1v) is 11.8. The van der Waals surface area contributed by atoms with Crippen LogP contribution in [0, 0.1) is 0 Å². The third-order valence-electron chi connectivity index (χ3n) is 5.41. The molecular weight excluding hydrogens is 505 g/mol. The Morgan fingerprint density at radius 2 is 1.56 bits per heavy atom. The summed E-state index contributed by atoms with van der Waals surface area (Å²) in [5.74, 6) is -0.189. The standard InChI is InChI=1S/C27H25Cl2NO6/c1-4-36-27(33)21(30-26(32)25-19(28)6-5-7-20(25)29)12-16-8-10-18(11-9-16)24-22(34-2)13-17(15-31)14-23(24)35-3/h5-11,13-15,21H,4,12H2,1-3H3,(H,30,32)/t21-/m0/s1. The van der Waals surface area contributed by atoms with Gasteiger partial charge >= 0.3 is 5.97 Å². The number of carbonyl (C=O) groups is 3. The Balaban J connectivity index is 1.88. The average molecular weight is 530 g/mol. The zero-order valence-electron chi connectivity index (χ0n) is 20.0. The van der Waals surface area contributed by atoms with Gasteiger partial charge < -0.3 is 19.5 Å². The zero-order chi connectivity index (χ0) is 26.2. The van der Waals surface area contributed by atoms with Crippen molar-refractivity contribution in [2.45, 2.75) is 19.4 Å². The molecule has 0 radical (unpaired) electrons. The van der Waals surface area contributed by atoms with E-state index in [1.807, 2.05) is 24.3 Å². The van der Waals surface area contributed by atoms with Crippen LogP contribution in [-0.4, -0.2) is 45.0 Å². The van der Waals surface area contributed by atoms with Crippen LogP contribution < -0.4 is 14.8 Å². The van der Waals surface area contributed by atoms with Gasteiger partial charge in [-0.1, -0.05) is 53.5 Å². The van der Waals surface area contributed by atoms with Gasteiger partial charge in [0.15, 0.2) is 0 Å². The topological polar surface area (TPSA) is 90.9 Å². The maximum atomic E-state index is 12.9. The molecular formula is C27H25Cl2NO6. The number of hydrogen-bond acceptors (Lipinski definition) is 6.